The molecule has 0 spiro atoms. The minimum Gasteiger partial charge on any atom is -0.508 e. The van der Waals surface area contributed by atoms with Crippen molar-refractivity contribution in [1.29, 1.82) is 0 Å². The molecular weight excluding hydrogens is 449 g/mol. The summed E-state index contributed by atoms with van der Waals surface area (Å²) in [6.07, 6.45) is -7.05. The first-order valence-electron chi connectivity index (χ1n) is 9.46. The van der Waals surface area contributed by atoms with E-state index in [0.717, 1.165) is 28.8 Å². The van der Waals surface area contributed by atoms with E-state index in [1.165, 1.54) is 18.2 Å². The minimum absolute atomic E-state index is 0. The summed E-state index contributed by atoms with van der Waals surface area (Å²) in [4.78, 5) is 0. The van der Waals surface area contributed by atoms with Crippen LogP contribution in [0.1, 0.15) is 23.6 Å². The van der Waals surface area contributed by atoms with Crippen molar-refractivity contribution in [2.75, 3.05) is 5.32 Å². The van der Waals surface area contributed by atoms with Crippen molar-refractivity contribution in [1.82, 2.24) is 0 Å². The molecule has 0 aliphatic carbocycles. The van der Waals surface area contributed by atoms with E-state index < -0.39 is 12.5 Å². The van der Waals surface area contributed by atoms with Gasteiger partial charge in [-0.3, -0.25) is 0 Å². The van der Waals surface area contributed by atoms with Gasteiger partial charge in [0.2, 0.25) is 0 Å². The number of anilines is 1. The molecular formula is C23H19F4NO2V. The number of benzene rings is 3. The fourth-order valence-corrected chi connectivity index (χ4v) is 3.73. The third-order valence-corrected chi connectivity index (χ3v) is 5.11. The van der Waals surface area contributed by atoms with Gasteiger partial charge < -0.3 is 15.2 Å². The van der Waals surface area contributed by atoms with Crippen molar-refractivity contribution in [2.45, 2.75) is 31.4 Å². The molecule has 3 aromatic carbocycles. The Morgan fingerprint density at radius 1 is 1.00 bits per heavy atom. The molecule has 0 fully saturated rings. The minimum atomic E-state index is -4.54. The van der Waals surface area contributed by atoms with Gasteiger partial charge in [0.1, 0.15) is 11.5 Å². The first-order valence-corrected chi connectivity index (χ1v) is 9.46. The van der Waals surface area contributed by atoms with E-state index in [9.17, 15) is 22.7 Å². The summed E-state index contributed by atoms with van der Waals surface area (Å²) >= 11 is 0. The summed E-state index contributed by atoms with van der Waals surface area (Å²) in [5, 5.41) is 13.2. The molecule has 0 bridgehead atoms. The van der Waals surface area contributed by atoms with Crippen LogP contribution in [-0.4, -0.2) is 17.6 Å². The van der Waals surface area contributed by atoms with E-state index in [1.807, 2.05) is 24.3 Å². The number of hydrogen-bond donors (Lipinski definition) is 2. The fourth-order valence-electron chi connectivity index (χ4n) is 3.73. The molecule has 8 heteroatoms. The number of phenolic OH excluding ortho intramolecular Hbond substituents is 1. The SMILES string of the molecule is Oc1cccc(-c2cccc3c2CCC(c2cccc(OC(F)(F)C(F)F)c2)N3)c1.[V]. The molecule has 0 saturated heterocycles. The van der Waals surface area contributed by atoms with Crippen molar-refractivity contribution in [3.63, 3.8) is 0 Å². The Morgan fingerprint density at radius 2 is 1.74 bits per heavy atom. The number of ether oxygens (including phenoxy) is 1. The van der Waals surface area contributed by atoms with Crippen LogP contribution in [0.2, 0.25) is 0 Å². The summed E-state index contributed by atoms with van der Waals surface area (Å²) in [6, 6.07) is 18.5. The van der Waals surface area contributed by atoms with Gasteiger partial charge in [0.25, 0.3) is 0 Å². The second kappa shape index (κ2) is 9.24. The molecule has 1 heterocycles. The van der Waals surface area contributed by atoms with E-state index in [0.29, 0.717) is 12.0 Å². The average Bonchev–Trinajstić information content (AvgIpc) is 2.72. The van der Waals surface area contributed by atoms with E-state index in [2.05, 4.69) is 10.1 Å². The maximum Gasteiger partial charge on any atom is 0.461 e. The first-order chi connectivity index (χ1) is 14.3. The van der Waals surface area contributed by atoms with E-state index >= 15 is 0 Å². The van der Waals surface area contributed by atoms with Crippen LogP contribution in [0.5, 0.6) is 11.5 Å². The second-order valence-electron chi connectivity index (χ2n) is 7.15. The zero-order chi connectivity index (χ0) is 21.3. The van der Waals surface area contributed by atoms with Crippen molar-refractivity contribution in [3.05, 3.63) is 77.9 Å². The molecule has 4 rings (SSSR count). The second-order valence-corrected chi connectivity index (χ2v) is 7.15. The van der Waals surface area contributed by atoms with Gasteiger partial charge in [0, 0.05) is 24.2 Å². The third kappa shape index (κ3) is 5.00. The molecule has 0 aromatic heterocycles. The number of aromatic hydroxyl groups is 1. The summed E-state index contributed by atoms with van der Waals surface area (Å²) in [7, 11) is 0. The summed E-state index contributed by atoms with van der Waals surface area (Å²) < 4.78 is 55.5. The van der Waals surface area contributed by atoms with Crippen LogP contribution in [-0.2, 0) is 25.0 Å². The predicted molar refractivity (Wildman–Crippen MR) is 106 cm³/mol. The predicted octanol–water partition coefficient (Wildman–Crippen LogP) is 6.39. The molecule has 161 valence electrons. The average molecular weight is 468 g/mol. The Balaban J connectivity index is 0.00000272. The number of halogens is 4. The Labute approximate surface area is 188 Å². The van der Waals surface area contributed by atoms with Crippen LogP contribution in [0, 0.1) is 0 Å². The number of alkyl halides is 4. The standard InChI is InChI=1S/C23H19F4NO2.V/c24-22(25)23(26,27)30-17-7-2-5-15(13-17)20-11-10-19-18(8-3-9-21(19)28-20)14-4-1-6-16(29)12-14;/h1-9,12-13,20,22,28-29H,10-11H2;. The van der Waals surface area contributed by atoms with Crippen LogP contribution in [0.25, 0.3) is 11.1 Å². The third-order valence-electron chi connectivity index (χ3n) is 5.11. The summed E-state index contributed by atoms with van der Waals surface area (Å²) in [5.74, 6) is -0.122. The molecule has 1 atom stereocenters. The number of nitrogens with one attached hydrogen (secondary N) is 1. The Kier molecular flexibility index (Phi) is 6.87. The van der Waals surface area contributed by atoms with Gasteiger partial charge >= 0.3 is 12.5 Å². The smallest absolute Gasteiger partial charge is 0.461 e. The quantitative estimate of drug-likeness (QED) is 0.427. The van der Waals surface area contributed by atoms with Gasteiger partial charge in [-0.15, -0.1) is 0 Å². The molecule has 3 nitrogen and oxygen atoms in total. The van der Waals surface area contributed by atoms with Gasteiger partial charge in [-0.25, -0.2) is 0 Å². The molecule has 1 unspecified atom stereocenters. The molecule has 31 heavy (non-hydrogen) atoms. The van der Waals surface area contributed by atoms with Gasteiger partial charge in [-0.2, -0.15) is 17.6 Å². The molecule has 1 aliphatic rings. The number of fused-ring (bicyclic) bond motifs is 1. The van der Waals surface area contributed by atoms with Gasteiger partial charge in [0.15, 0.2) is 0 Å². The Morgan fingerprint density at radius 3 is 2.48 bits per heavy atom. The van der Waals surface area contributed by atoms with Crippen molar-refractivity contribution in [3.8, 4) is 22.6 Å². The monoisotopic (exact) mass is 468 g/mol. The number of rotatable bonds is 5. The zero-order valence-corrected chi connectivity index (χ0v) is 17.6. The van der Waals surface area contributed by atoms with Gasteiger partial charge in [-0.05, 0) is 65.4 Å². The maximum atomic E-state index is 13.2. The largest absolute Gasteiger partial charge is 0.508 e. The molecule has 0 amide bonds. The van der Waals surface area contributed by atoms with Crippen molar-refractivity contribution >= 4 is 5.69 Å². The normalized spacial score (nSPS) is 15.6. The van der Waals surface area contributed by atoms with Gasteiger partial charge in [-0.1, -0.05) is 36.4 Å². The zero-order valence-electron chi connectivity index (χ0n) is 16.2. The van der Waals surface area contributed by atoms with Crippen molar-refractivity contribution in [2.24, 2.45) is 0 Å². The van der Waals surface area contributed by atoms with Crippen LogP contribution in [0.3, 0.4) is 0 Å². The van der Waals surface area contributed by atoms with E-state index in [-0.39, 0.29) is 36.1 Å². The van der Waals surface area contributed by atoms with Crippen LogP contribution in [0.15, 0.2) is 66.7 Å². The van der Waals surface area contributed by atoms with Crippen LogP contribution < -0.4 is 10.1 Å². The molecule has 0 saturated carbocycles. The first kappa shape index (κ1) is 23.0. The fraction of sp³-hybridized carbons (Fsp3) is 0.217. The molecule has 3 aromatic rings. The number of hydrogen-bond acceptors (Lipinski definition) is 3. The Bertz CT molecular complexity index is 1060. The van der Waals surface area contributed by atoms with Crippen LogP contribution in [0.4, 0.5) is 23.2 Å². The van der Waals surface area contributed by atoms with Gasteiger partial charge in [0.05, 0.1) is 6.04 Å². The summed E-state index contributed by atoms with van der Waals surface area (Å²) in [6.45, 7) is 0. The molecule has 1 aliphatic heterocycles. The van der Waals surface area contributed by atoms with E-state index in [1.54, 1.807) is 24.3 Å². The van der Waals surface area contributed by atoms with Crippen molar-refractivity contribution < 1.29 is 46.0 Å². The summed E-state index contributed by atoms with van der Waals surface area (Å²) in [5.41, 5.74) is 4.57. The topological polar surface area (TPSA) is 41.5 Å². The number of phenols is 1. The molecule has 1 radical (unpaired) electrons. The maximum absolute atomic E-state index is 13.2. The van der Waals surface area contributed by atoms with E-state index in [4.69, 9.17) is 0 Å². The molecule has 2 N–H and O–H groups in total. The van der Waals surface area contributed by atoms with Crippen LogP contribution >= 0.6 is 0 Å². The Hall–Kier alpha value is -2.64.